The molecule has 0 radical (unpaired) electrons. The number of aromatic nitrogens is 3. The second-order valence-corrected chi connectivity index (χ2v) is 9.12. The van der Waals surface area contributed by atoms with Gasteiger partial charge in [-0.2, -0.15) is 4.31 Å². The lowest BCUT2D eigenvalue weighted by molar-refractivity contribution is 0.445. The highest BCUT2D eigenvalue weighted by Crippen LogP contribution is 2.29. The second kappa shape index (κ2) is 9.39. The van der Waals surface area contributed by atoms with Crippen molar-refractivity contribution in [1.82, 2.24) is 19.1 Å². The first-order chi connectivity index (χ1) is 14.0. The molecule has 0 saturated carbocycles. The molecule has 0 unspecified atom stereocenters. The first kappa shape index (κ1) is 21.3. The van der Waals surface area contributed by atoms with Crippen LogP contribution in [0.5, 0.6) is 0 Å². The Kier molecular flexibility index (Phi) is 6.89. The maximum absolute atomic E-state index is 12.9. The van der Waals surface area contributed by atoms with Crippen LogP contribution in [0.15, 0.2) is 77.3 Å². The molecule has 0 saturated heterocycles. The van der Waals surface area contributed by atoms with Crippen LogP contribution in [0.3, 0.4) is 0 Å². The van der Waals surface area contributed by atoms with Crippen molar-refractivity contribution in [3.63, 3.8) is 0 Å². The van der Waals surface area contributed by atoms with Crippen molar-refractivity contribution in [1.29, 1.82) is 0 Å². The number of hydrogen-bond donors (Lipinski definition) is 0. The normalized spacial score (nSPS) is 11.7. The van der Waals surface area contributed by atoms with Gasteiger partial charge in [0.2, 0.25) is 10.0 Å². The Morgan fingerprint density at radius 1 is 1.07 bits per heavy atom. The van der Waals surface area contributed by atoms with E-state index >= 15 is 0 Å². The van der Waals surface area contributed by atoms with E-state index in [2.05, 4.69) is 16.8 Å². The fourth-order valence-electron chi connectivity index (χ4n) is 3.00. The van der Waals surface area contributed by atoms with Gasteiger partial charge in [0.05, 0.1) is 4.90 Å². The van der Waals surface area contributed by atoms with Crippen molar-refractivity contribution in [2.75, 3.05) is 18.8 Å². The molecule has 0 atom stereocenters. The van der Waals surface area contributed by atoms with E-state index in [0.717, 1.165) is 10.8 Å². The van der Waals surface area contributed by atoms with Crippen molar-refractivity contribution in [2.24, 2.45) is 0 Å². The lowest BCUT2D eigenvalue weighted by Crippen LogP contribution is -2.30. The van der Waals surface area contributed by atoms with Crippen LogP contribution in [0.1, 0.15) is 13.8 Å². The molecule has 0 aliphatic rings. The van der Waals surface area contributed by atoms with Crippen LogP contribution in [-0.2, 0) is 10.0 Å². The van der Waals surface area contributed by atoms with E-state index in [9.17, 15) is 8.42 Å². The van der Waals surface area contributed by atoms with E-state index in [-0.39, 0.29) is 4.90 Å². The summed E-state index contributed by atoms with van der Waals surface area (Å²) in [5.74, 6) is 1.29. The minimum atomic E-state index is -3.56. The van der Waals surface area contributed by atoms with Gasteiger partial charge < -0.3 is 0 Å². The number of benzene rings is 2. The van der Waals surface area contributed by atoms with Gasteiger partial charge in [-0.15, -0.1) is 16.8 Å². The highest BCUT2D eigenvalue weighted by Gasteiger charge is 2.23. The van der Waals surface area contributed by atoms with Gasteiger partial charge in [0.15, 0.2) is 11.0 Å². The van der Waals surface area contributed by atoms with Crippen LogP contribution in [0.4, 0.5) is 0 Å². The zero-order valence-corrected chi connectivity index (χ0v) is 18.2. The zero-order valence-electron chi connectivity index (χ0n) is 16.5. The summed E-state index contributed by atoms with van der Waals surface area (Å²) in [7, 11) is -3.56. The monoisotopic (exact) mass is 428 g/mol. The topological polar surface area (TPSA) is 68.1 Å². The Hall–Kier alpha value is -2.42. The SMILES string of the molecule is C=CCSc1nnc(-c2cccc(S(=O)(=O)N(CC)CC)c2)n1-c1ccccc1. The molecule has 29 heavy (non-hydrogen) atoms. The molecule has 0 aliphatic carbocycles. The fraction of sp³-hybridized carbons (Fsp3) is 0.238. The summed E-state index contributed by atoms with van der Waals surface area (Å²) in [6, 6.07) is 16.7. The molecule has 3 aromatic rings. The van der Waals surface area contributed by atoms with Gasteiger partial charge in [-0.05, 0) is 24.3 Å². The average Bonchev–Trinajstić information content (AvgIpc) is 3.17. The van der Waals surface area contributed by atoms with Gasteiger partial charge in [-0.3, -0.25) is 4.57 Å². The number of rotatable bonds is 9. The maximum atomic E-state index is 12.9. The summed E-state index contributed by atoms with van der Waals surface area (Å²) < 4.78 is 29.3. The molecule has 2 aromatic carbocycles. The standard InChI is InChI=1S/C21H24N4O2S2/c1-4-15-28-21-23-22-20(25(21)18-12-8-7-9-13-18)17-11-10-14-19(16-17)29(26,27)24(5-2)6-3/h4,7-14,16H,1,5-6,15H2,2-3H3. The van der Waals surface area contributed by atoms with E-state index in [1.54, 1.807) is 18.2 Å². The number of nitrogens with zero attached hydrogens (tertiary/aromatic N) is 4. The third kappa shape index (κ3) is 4.44. The van der Waals surface area contributed by atoms with Gasteiger partial charge >= 0.3 is 0 Å². The van der Waals surface area contributed by atoms with Crippen LogP contribution in [0.25, 0.3) is 17.1 Å². The lowest BCUT2D eigenvalue weighted by Gasteiger charge is -2.18. The molecular formula is C21H24N4O2S2. The predicted molar refractivity (Wildman–Crippen MR) is 118 cm³/mol. The summed E-state index contributed by atoms with van der Waals surface area (Å²) in [5, 5.41) is 9.43. The molecular weight excluding hydrogens is 404 g/mol. The van der Waals surface area contributed by atoms with Crippen LogP contribution in [-0.4, -0.2) is 46.3 Å². The number of sulfonamides is 1. The number of para-hydroxylation sites is 1. The minimum Gasteiger partial charge on any atom is -0.270 e. The largest absolute Gasteiger partial charge is 0.270 e. The molecule has 8 heteroatoms. The molecule has 0 amide bonds. The Morgan fingerprint density at radius 3 is 2.45 bits per heavy atom. The zero-order chi connectivity index (χ0) is 20.9. The predicted octanol–water partition coefficient (Wildman–Crippen LogP) is 4.24. The van der Waals surface area contributed by atoms with Crippen LogP contribution >= 0.6 is 11.8 Å². The van der Waals surface area contributed by atoms with Gasteiger partial charge in [0, 0.05) is 30.1 Å². The van der Waals surface area contributed by atoms with E-state index in [0.29, 0.717) is 30.2 Å². The summed E-state index contributed by atoms with van der Waals surface area (Å²) in [4.78, 5) is 0.251. The molecule has 0 fully saturated rings. The molecule has 6 nitrogen and oxygen atoms in total. The molecule has 1 aromatic heterocycles. The van der Waals surface area contributed by atoms with Crippen LogP contribution in [0.2, 0.25) is 0 Å². The van der Waals surface area contributed by atoms with Crippen molar-refractivity contribution in [2.45, 2.75) is 23.9 Å². The van der Waals surface area contributed by atoms with Crippen molar-refractivity contribution in [3.8, 4) is 17.1 Å². The first-order valence-corrected chi connectivity index (χ1v) is 11.8. The summed E-state index contributed by atoms with van der Waals surface area (Å²) in [5.41, 5.74) is 1.61. The van der Waals surface area contributed by atoms with Crippen LogP contribution in [0, 0.1) is 0 Å². The van der Waals surface area contributed by atoms with E-state index in [1.807, 2.05) is 60.9 Å². The van der Waals surface area contributed by atoms with Gasteiger partial charge in [0.1, 0.15) is 0 Å². The highest BCUT2D eigenvalue weighted by atomic mass is 32.2. The van der Waals surface area contributed by atoms with E-state index in [4.69, 9.17) is 0 Å². The third-order valence-corrected chi connectivity index (χ3v) is 7.38. The summed E-state index contributed by atoms with van der Waals surface area (Å²) in [6.07, 6.45) is 1.81. The van der Waals surface area contributed by atoms with E-state index < -0.39 is 10.0 Å². The van der Waals surface area contributed by atoms with E-state index in [1.165, 1.54) is 16.1 Å². The molecule has 1 heterocycles. The Bertz CT molecular complexity index is 1080. The van der Waals surface area contributed by atoms with Gasteiger partial charge in [0.25, 0.3) is 0 Å². The quantitative estimate of drug-likeness (QED) is 0.377. The molecule has 152 valence electrons. The number of thioether (sulfide) groups is 1. The van der Waals surface area contributed by atoms with Gasteiger partial charge in [-0.1, -0.05) is 62.0 Å². The Balaban J connectivity index is 2.12. The van der Waals surface area contributed by atoms with Crippen molar-refractivity contribution < 1.29 is 8.42 Å². The average molecular weight is 429 g/mol. The minimum absolute atomic E-state index is 0.251. The van der Waals surface area contributed by atoms with Gasteiger partial charge in [-0.25, -0.2) is 8.42 Å². The third-order valence-electron chi connectivity index (χ3n) is 4.41. The summed E-state index contributed by atoms with van der Waals surface area (Å²) >= 11 is 1.52. The van der Waals surface area contributed by atoms with Crippen molar-refractivity contribution >= 4 is 21.8 Å². The Morgan fingerprint density at radius 2 is 1.79 bits per heavy atom. The summed E-state index contributed by atoms with van der Waals surface area (Å²) in [6.45, 7) is 8.28. The smallest absolute Gasteiger partial charge is 0.243 e. The molecule has 0 bridgehead atoms. The fourth-order valence-corrected chi connectivity index (χ4v) is 5.19. The lowest BCUT2D eigenvalue weighted by atomic mass is 10.2. The highest BCUT2D eigenvalue weighted by molar-refractivity contribution is 7.99. The number of hydrogen-bond acceptors (Lipinski definition) is 5. The first-order valence-electron chi connectivity index (χ1n) is 9.38. The maximum Gasteiger partial charge on any atom is 0.243 e. The molecule has 0 aliphatic heterocycles. The molecule has 3 rings (SSSR count). The Labute approximate surface area is 176 Å². The second-order valence-electron chi connectivity index (χ2n) is 6.19. The van der Waals surface area contributed by atoms with Crippen LogP contribution < -0.4 is 0 Å². The molecule has 0 N–H and O–H groups in total. The molecule has 0 spiro atoms. The van der Waals surface area contributed by atoms with Crippen molar-refractivity contribution in [3.05, 3.63) is 67.3 Å².